The molecule has 3 amide bonds. The first-order chi connectivity index (χ1) is 16.9. The number of carbonyl (C=O) groups is 3. The van der Waals surface area contributed by atoms with Gasteiger partial charge in [-0.25, -0.2) is 0 Å². The molecule has 8 nitrogen and oxygen atoms in total. The number of fused-ring (bicyclic) bond motifs is 4. The van der Waals surface area contributed by atoms with Crippen LogP contribution in [0.4, 0.5) is 5.69 Å². The highest BCUT2D eigenvalue weighted by Crippen LogP contribution is 2.54. The van der Waals surface area contributed by atoms with Crippen LogP contribution in [0.2, 0.25) is 0 Å². The zero-order valence-corrected chi connectivity index (χ0v) is 19.4. The van der Waals surface area contributed by atoms with Gasteiger partial charge in [0.05, 0.1) is 11.8 Å². The number of carbonyl (C=O) groups excluding carboxylic acids is 3. The molecule has 2 saturated heterocycles. The van der Waals surface area contributed by atoms with E-state index >= 15 is 0 Å². The molecule has 0 radical (unpaired) electrons. The third-order valence-electron chi connectivity index (χ3n) is 8.34. The summed E-state index contributed by atoms with van der Waals surface area (Å²) in [5, 5.41) is 26.1. The van der Waals surface area contributed by atoms with Crippen LogP contribution in [0, 0.1) is 11.8 Å². The van der Waals surface area contributed by atoms with E-state index in [9.17, 15) is 24.6 Å². The lowest BCUT2D eigenvalue weighted by Crippen LogP contribution is -2.54. The lowest BCUT2D eigenvalue weighted by atomic mass is 9.76. The van der Waals surface area contributed by atoms with Crippen molar-refractivity contribution in [3.05, 3.63) is 53.6 Å². The van der Waals surface area contributed by atoms with Crippen LogP contribution in [0.25, 0.3) is 0 Å². The molecule has 1 saturated carbocycles. The van der Waals surface area contributed by atoms with Gasteiger partial charge in [-0.05, 0) is 43.0 Å². The Labute approximate surface area is 203 Å². The van der Waals surface area contributed by atoms with Crippen LogP contribution in [0.1, 0.15) is 49.7 Å². The van der Waals surface area contributed by atoms with Crippen molar-refractivity contribution in [2.24, 2.45) is 11.8 Å². The van der Waals surface area contributed by atoms with Crippen molar-refractivity contribution in [1.29, 1.82) is 0 Å². The molecular weight excluding hydrogens is 446 g/mol. The lowest BCUT2D eigenvalue weighted by molar-refractivity contribution is -0.145. The summed E-state index contributed by atoms with van der Waals surface area (Å²) in [6.45, 7) is 0. The van der Waals surface area contributed by atoms with Crippen molar-refractivity contribution in [1.82, 2.24) is 10.2 Å². The maximum Gasteiger partial charge on any atom is 0.250 e. The molecule has 0 aromatic heterocycles. The second kappa shape index (κ2) is 8.09. The largest absolute Gasteiger partial charge is 0.504 e. The third kappa shape index (κ3) is 3.19. The fourth-order valence-electron chi connectivity index (χ4n) is 6.78. The molecule has 3 fully saturated rings. The molecule has 3 aliphatic heterocycles. The van der Waals surface area contributed by atoms with Gasteiger partial charge in [-0.3, -0.25) is 24.6 Å². The van der Waals surface area contributed by atoms with Crippen LogP contribution in [-0.4, -0.2) is 44.9 Å². The van der Waals surface area contributed by atoms with E-state index in [4.69, 9.17) is 0 Å². The van der Waals surface area contributed by atoms with Crippen LogP contribution in [0.15, 0.2) is 42.5 Å². The second-order valence-electron chi connectivity index (χ2n) is 10.3. The molecule has 2 aromatic carbocycles. The zero-order valence-electron chi connectivity index (χ0n) is 19.4. The molecule has 4 atom stereocenters. The van der Waals surface area contributed by atoms with Gasteiger partial charge in [0.15, 0.2) is 11.5 Å². The number of anilines is 1. The summed E-state index contributed by atoms with van der Waals surface area (Å²) in [5.74, 6) is -2.78. The van der Waals surface area contributed by atoms with Gasteiger partial charge in [-0.2, -0.15) is 0 Å². The number of phenols is 2. The molecule has 6 rings (SSSR count). The number of benzene rings is 2. The number of amides is 3. The van der Waals surface area contributed by atoms with Crippen molar-refractivity contribution in [2.75, 3.05) is 5.32 Å². The summed E-state index contributed by atoms with van der Waals surface area (Å²) in [6, 6.07) is 11.3. The summed E-state index contributed by atoms with van der Waals surface area (Å²) in [5.41, 5.74) is 0.727. The molecule has 1 aliphatic carbocycles. The number of hydrogen-bond acceptors (Lipinski definition) is 6. The van der Waals surface area contributed by atoms with Crippen LogP contribution in [0.5, 0.6) is 11.5 Å². The van der Waals surface area contributed by atoms with E-state index in [1.165, 1.54) is 17.0 Å². The maximum absolute atomic E-state index is 14.0. The van der Waals surface area contributed by atoms with Gasteiger partial charge in [-0.15, -0.1) is 0 Å². The number of imide groups is 1. The zero-order chi connectivity index (χ0) is 24.3. The van der Waals surface area contributed by atoms with Gasteiger partial charge < -0.3 is 15.5 Å². The first-order valence-electron chi connectivity index (χ1n) is 12.5. The predicted octanol–water partition coefficient (Wildman–Crippen LogP) is 2.78. The molecular formula is C27H29N3O5. The van der Waals surface area contributed by atoms with E-state index in [0.717, 1.165) is 38.5 Å². The van der Waals surface area contributed by atoms with Gasteiger partial charge in [-0.1, -0.05) is 49.9 Å². The van der Waals surface area contributed by atoms with Gasteiger partial charge in [0.2, 0.25) is 17.7 Å². The van der Waals surface area contributed by atoms with Crippen LogP contribution in [-0.2, 0) is 26.3 Å². The fourth-order valence-corrected chi connectivity index (χ4v) is 6.78. The average Bonchev–Trinajstić information content (AvgIpc) is 3.30. The van der Waals surface area contributed by atoms with E-state index in [2.05, 4.69) is 10.6 Å². The van der Waals surface area contributed by atoms with E-state index in [1.807, 2.05) is 24.3 Å². The van der Waals surface area contributed by atoms with Crippen molar-refractivity contribution in [3.8, 4) is 11.5 Å². The lowest BCUT2D eigenvalue weighted by Gasteiger charge is -2.32. The summed E-state index contributed by atoms with van der Waals surface area (Å²) in [4.78, 5) is 43.0. The monoisotopic (exact) mass is 475 g/mol. The molecule has 2 aromatic rings. The standard InChI is InChI=1S/C27H29N3O5/c31-20-12-11-15(14-21(20)32)13-19-22-23(25(34)30(24(22)33)16-7-3-1-2-4-8-16)27(29-19)17-9-5-6-10-18(17)28-26(27)35/h5-6,9-12,14,16,19,22-23,29,31-32H,1-4,7-8,13H2,(H,28,35)/t19?,22-,23+,27?/m1/s1. The second-order valence-corrected chi connectivity index (χ2v) is 10.3. The molecule has 8 heteroatoms. The number of aromatic hydroxyl groups is 2. The molecule has 3 heterocycles. The van der Waals surface area contributed by atoms with E-state index < -0.39 is 23.4 Å². The summed E-state index contributed by atoms with van der Waals surface area (Å²) in [6.07, 6.45) is 6.11. The van der Waals surface area contributed by atoms with Crippen LogP contribution in [0.3, 0.4) is 0 Å². The Balaban J connectivity index is 1.44. The number of nitrogens with one attached hydrogen (secondary N) is 2. The Morgan fingerprint density at radius 2 is 1.66 bits per heavy atom. The molecule has 4 aliphatic rings. The number of para-hydroxylation sites is 1. The minimum Gasteiger partial charge on any atom is -0.504 e. The van der Waals surface area contributed by atoms with Crippen molar-refractivity contribution >= 4 is 23.4 Å². The molecule has 2 unspecified atom stereocenters. The Morgan fingerprint density at radius 3 is 2.40 bits per heavy atom. The Morgan fingerprint density at radius 1 is 0.914 bits per heavy atom. The van der Waals surface area contributed by atoms with Gasteiger partial charge in [0.1, 0.15) is 5.54 Å². The maximum atomic E-state index is 14.0. The molecule has 4 N–H and O–H groups in total. The molecule has 0 bridgehead atoms. The smallest absolute Gasteiger partial charge is 0.250 e. The Bertz CT molecular complexity index is 1220. The predicted molar refractivity (Wildman–Crippen MR) is 127 cm³/mol. The minimum absolute atomic E-state index is 0.127. The average molecular weight is 476 g/mol. The van der Waals surface area contributed by atoms with E-state index in [-0.39, 0.29) is 35.3 Å². The highest BCUT2D eigenvalue weighted by atomic mass is 16.3. The normalized spacial score (nSPS) is 30.5. The topological polar surface area (TPSA) is 119 Å². The van der Waals surface area contributed by atoms with Crippen molar-refractivity contribution < 1.29 is 24.6 Å². The van der Waals surface area contributed by atoms with Gasteiger partial charge in [0.25, 0.3) is 0 Å². The van der Waals surface area contributed by atoms with Crippen molar-refractivity contribution in [2.45, 2.75) is 62.6 Å². The molecule has 35 heavy (non-hydrogen) atoms. The van der Waals surface area contributed by atoms with Crippen LogP contribution >= 0.6 is 0 Å². The summed E-state index contributed by atoms with van der Waals surface area (Å²) >= 11 is 0. The van der Waals surface area contributed by atoms with E-state index in [1.54, 1.807) is 6.07 Å². The van der Waals surface area contributed by atoms with E-state index in [0.29, 0.717) is 23.2 Å². The Kier molecular flexibility index (Phi) is 5.11. The number of phenolic OH excluding ortho intramolecular Hbond substituents is 2. The third-order valence-corrected chi connectivity index (χ3v) is 8.34. The quantitative estimate of drug-likeness (QED) is 0.308. The minimum atomic E-state index is -1.32. The fraction of sp³-hybridized carbons (Fsp3) is 0.444. The number of rotatable bonds is 3. The Hall–Kier alpha value is -3.39. The SMILES string of the molecule is O=C1[C@@H]2C(Cc3ccc(O)c(O)c3)NC3(C(=O)Nc4ccccc43)[C@@H]2C(=O)N1C1CCCCCC1. The highest BCUT2D eigenvalue weighted by Gasteiger charge is 2.70. The van der Waals surface area contributed by atoms with Gasteiger partial charge >= 0.3 is 0 Å². The first-order valence-corrected chi connectivity index (χ1v) is 12.5. The number of hydrogen-bond donors (Lipinski definition) is 4. The molecule has 1 spiro atoms. The highest BCUT2D eigenvalue weighted by molar-refractivity contribution is 6.15. The summed E-state index contributed by atoms with van der Waals surface area (Å²) < 4.78 is 0. The number of nitrogens with zero attached hydrogens (tertiary/aromatic N) is 1. The molecule has 182 valence electrons. The van der Waals surface area contributed by atoms with Crippen LogP contribution < -0.4 is 10.6 Å². The van der Waals surface area contributed by atoms with Gasteiger partial charge in [0, 0.05) is 23.3 Å². The summed E-state index contributed by atoms with van der Waals surface area (Å²) in [7, 11) is 0. The van der Waals surface area contributed by atoms with Crippen molar-refractivity contribution in [3.63, 3.8) is 0 Å². The first kappa shape index (κ1) is 22.1. The number of likely N-dealkylation sites (tertiary alicyclic amines) is 1.